The average molecular weight is 1470 g/mol. The quantitative estimate of drug-likeness (QED) is 0.0303. The number of halogens is 7. The molecule has 0 atom stereocenters. The Morgan fingerprint density at radius 3 is 1.10 bits per heavy atom. The minimum atomic E-state index is -1.06. The maximum absolute atomic E-state index is 11.4. The number of methoxy groups -OCH3 is 7. The summed E-state index contributed by atoms with van der Waals surface area (Å²) in [7, 11) is 7.49. The average Bonchev–Trinajstić information content (AvgIpc) is 0.864. The number of ether oxygens (including phenoxy) is 11. The number of carboxylic acid groups (broad SMARTS) is 1. The third-order valence-electron chi connectivity index (χ3n) is 11.1. The standard InChI is InChI=1S/C12H15ClO4.C12H15ClO3.2C11H13ClO4.C9H9ClO3.C9H11NO2.2CH3F.CH4.Li.H2O.H2/c1-7(2)17-10-6-8(12(14)16-4)5-9(13)11(10)15-3;1-7(2)16-11-6-9(12(14)15-4)5-10(13)8(11)3;1-6(2)16-9-5-7(11(13)14)4-8(12)10(9)15-3;1-6(2)16-9-5-7(11(14)15-3)4-8(12)10(9)13;1-5-7(10)3-6(4-8(5)11)9(12)13-2;1-6-5-7(10)3-4-8(6)9(11)12-2;2*1-2;;;;/h5-7H,1-4H3;5-7H,1-4H3;4-6H,1-3H3,(H,13,14);4-6,13H,1-3H3;3-4,11H,1-2H3;3-5H,10H2,1-2H3;2*1H3;1H4;;1H2;1H/q;;;;;;;;;+1;;/p-1/i;;;;;;2*1D;;;;. The molecule has 6 N–H and O–H groups in total. The molecule has 97 heavy (non-hydrogen) atoms. The van der Waals surface area contributed by atoms with Crippen LogP contribution < -0.4 is 53.0 Å². The van der Waals surface area contributed by atoms with E-state index in [0.717, 1.165) is 11.1 Å². The zero-order chi connectivity index (χ0) is 74.4. The molecule has 0 radical (unpaired) electrons. The number of aromatic carboxylic acids is 1. The molecule has 0 aromatic heterocycles. The first kappa shape index (κ1) is 93.4. The minimum absolute atomic E-state index is 0. The number of benzene rings is 6. The minimum Gasteiger partial charge on any atom is -0.870 e. The summed E-state index contributed by atoms with van der Waals surface area (Å²) < 4.78 is 85.9. The zero-order valence-electron chi connectivity index (χ0n) is 58.7. The molecule has 0 saturated carbocycles. The fourth-order valence-corrected chi connectivity index (χ4v) is 8.13. The molecule has 0 fully saturated rings. The van der Waals surface area contributed by atoms with Gasteiger partial charge in [-0.15, -0.1) is 0 Å². The predicted molar refractivity (Wildman–Crippen MR) is 370 cm³/mol. The van der Waals surface area contributed by atoms with E-state index in [1.165, 1.54) is 92.2 Å². The van der Waals surface area contributed by atoms with E-state index in [9.17, 15) is 47.8 Å². The van der Waals surface area contributed by atoms with Crippen molar-refractivity contribution in [3.63, 3.8) is 0 Å². The number of phenolic OH excluding ortho intramolecular Hbond substituents is 2. The molecule has 0 saturated heterocycles. The number of carbonyl (C=O) groups is 6. The predicted octanol–water partition coefficient (Wildman–Crippen LogP) is 14.0. The van der Waals surface area contributed by atoms with Crippen molar-refractivity contribution in [2.45, 2.75) is 108 Å². The van der Waals surface area contributed by atoms with Gasteiger partial charge in [0.15, 0.2) is 34.5 Å². The molecule has 0 heterocycles. The van der Waals surface area contributed by atoms with Gasteiger partial charge in [-0.05, 0) is 161 Å². The summed E-state index contributed by atoms with van der Waals surface area (Å²) in [6.07, 6.45) is -0.237. The van der Waals surface area contributed by atoms with Crippen molar-refractivity contribution >= 4 is 99.5 Å². The van der Waals surface area contributed by atoms with Crippen LogP contribution in [-0.2, 0) is 23.7 Å². The first-order chi connectivity index (χ1) is 44.9. The number of aryl methyl sites for hydroxylation is 1. The van der Waals surface area contributed by atoms with Crippen LogP contribution in [0.25, 0.3) is 0 Å². The number of hydrogen-bond acceptors (Lipinski definition) is 21. The summed E-state index contributed by atoms with van der Waals surface area (Å²) in [5, 5.41) is 29.3. The van der Waals surface area contributed by atoms with Crippen LogP contribution in [0.3, 0.4) is 0 Å². The van der Waals surface area contributed by atoms with Gasteiger partial charge in [0, 0.05) is 28.3 Å². The number of esters is 5. The number of carbonyl (C=O) groups excluding carboxylic acids is 5. The van der Waals surface area contributed by atoms with Gasteiger partial charge in [-0.25, -0.2) is 28.8 Å². The largest absolute Gasteiger partial charge is 1.00 e. The molecule has 0 aliphatic rings. The smallest absolute Gasteiger partial charge is 0.870 e. The third kappa shape index (κ3) is 33.8. The number of aromatic hydroxyl groups is 2. The molecule has 0 amide bonds. The van der Waals surface area contributed by atoms with Crippen molar-refractivity contribution in [3.8, 4) is 46.0 Å². The van der Waals surface area contributed by atoms with E-state index in [1.807, 2.05) is 55.4 Å². The van der Waals surface area contributed by atoms with Crippen molar-refractivity contribution in [1.82, 2.24) is 0 Å². The topological polar surface area (TPSA) is 321 Å². The Hall–Kier alpha value is -7.79. The van der Waals surface area contributed by atoms with Gasteiger partial charge in [0.05, 0.1) is 140 Å². The Balaban J connectivity index is -0.000000259. The molecule has 6 aromatic carbocycles. The Morgan fingerprint density at radius 2 is 0.763 bits per heavy atom. The third-order valence-corrected chi connectivity index (χ3v) is 12.7. The molecule has 30 heteroatoms. The summed E-state index contributed by atoms with van der Waals surface area (Å²) in [5.41, 5.74) is 10.2. The summed E-state index contributed by atoms with van der Waals surface area (Å²) in [6.45, 7) is 20.2. The van der Waals surface area contributed by atoms with Crippen LogP contribution >= 0.6 is 58.0 Å². The van der Waals surface area contributed by atoms with Crippen molar-refractivity contribution in [2.75, 3.05) is 69.8 Å². The number of nitrogens with two attached hydrogens (primary N) is 1. The van der Waals surface area contributed by atoms with E-state index < -0.39 is 44.2 Å². The molecular weight excluding hydrogens is 1380 g/mol. The number of anilines is 1. The van der Waals surface area contributed by atoms with Gasteiger partial charge in [0.25, 0.3) is 0 Å². The second kappa shape index (κ2) is 50.5. The van der Waals surface area contributed by atoms with Crippen molar-refractivity contribution in [2.24, 2.45) is 0 Å². The molecule has 6 rings (SSSR count). The Morgan fingerprint density at radius 1 is 0.464 bits per heavy atom. The molecule has 6 aromatic rings. The van der Waals surface area contributed by atoms with Gasteiger partial charge in [-0.1, -0.05) is 65.4 Å². The number of carboxylic acids is 1. The molecule has 22 nitrogen and oxygen atoms in total. The van der Waals surface area contributed by atoms with Crippen LogP contribution in [0.4, 0.5) is 14.5 Å². The second-order valence-corrected chi connectivity index (χ2v) is 21.5. The van der Waals surface area contributed by atoms with E-state index >= 15 is 0 Å². The Kier molecular flexibility index (Phi) is 48.7. The number of nitrogen functional groups attached to an aromatic ring is 1. The number of phenols is 2. The SMILES string of the molecule is C.COC(=O)c1cc(Cl)c(C)c(OC(C)C)c1.COC(=O)c1cc(Cl)c(O)c(OC(C)C)c1.COC(=O)c1cc(Cl)c(OC)c(OC(C)C)c1.COC(=O)c1cc(O)c(C)c(Cl)c1.COC(=O)c1ccc(N)cc1C.COc1c(Cl)cc(C(=O)O)cc1OC(C)C.[2H]CF.[2H]CF.[HH].[Li+].[OH-]. The number of hydrogen-bond donors (Lipinski definition) is 4. The zero-order valence-corrected chi connectivity index (χ0v) is 60.5. The molecule has 538 valence electrons. The van der Waals surface area contributed by atoms with E-state index in [2.05, 4.69) is 23.7 Å². The second-order valence-electron chi connectivity index (χ2n) is 19.5. The number of rotatable bonds is 16. The van der Waals surface area contributed by atoms with Crippen LogP contribution in [0.2, 0.25) is 25.1 Å². The van der Waals surface area contributed by atoms with Crippen LogP contribution in [0, 0.1) is 20.8 Å². The molecular formula is C67H89Cl5F2LiNO21. The van der Waals surface area contributed by atoms with E-state index in [0.29, 0.717) is 71.8 Å². The number of alkyl halides is 2. The summed E-state index contributed by atoms with van der Waals surface area (Å²) in [4.78, 5) is 67.1. The molecule has 0 aliphatic carbocycles. The normalized spacial score (nSPS) is 9.78. The van der Waals surface area contributed by atoms with Crippen LogP contribution in [0.1, 0.15) is 146 Å². The van der Waals surface area contributed by atoms with Gasteiger partial charge in [0.1, 0.15) is 11.5 Å². The van der Waals surface area contributed by atoms with Crippen LogP contribution in [0.15, 0.2) is 78.9 Å². The van der Waals surface area contributed by atoms with Crippen molar-refractivity contribution < 1.29 is 133 Å². The van der Waals surface area contributed by atoms with Gasteiger partial charge >= 0.3 is 54.7 Å². The Bertz CT molecular complexity index is 3400. The molecule has 0 unspecified atom stereocenters. The van der Waals surface area contributed by atoms with Gasteiger partial charge in [0.2, 0.25) is 0 Å². The summed E-state index contributed by atoms with van der Waals surface area (Å²) in [5.74, 6) is -1.20. The van der Waals surface area contributed by atoms with Crippen LogP contribution in [-0.4, -0.2) is 145 Å². The van der Waals surface area contributed by atoms with Gasteiger partial charge in [-0.3, -0.25) is 8.78 Å². The fraction of sp³-hybridized carbons (Fsp3) is 0.373. The maximum Gasteiger partial charge on any atom is 1.00 e. The van der Waals surface area contributed by atoms with Crippen molar-refractivity contribution in [3.05, 3.63) is 154 Å². The van der Waals surface area contributed by atoms with E-state index in [4.69, 9.17) is 100 Å². The molecule has 0 spiro atoms. The summed E-state index contributed by atoms with van der Waals surface area (Å²) >= 11 is 29.4. The monoisotopic (exact) mass is 1470 g/mol. The molecule has 0 bridgehead atoms. The Labute approximate surface area is 607 Å². The molecule has 0 aliphatic heterocycles. The van der Waals surface area contributed by atoms with Gasteiger partial charge in [-0.2, -0.15) is 0 Å². The van der Waals surface area contributed by atoms with E-state index in [1.54, 1.807) is 57.2 Å². The fourth-order valence-electron chi connectivity index (χ4n) is 6.92. The first-order valence-corrected chi connectivity index (χ1v) is 29.2. The van der Waals surface area contributed by atoms with E-state index in [-0.39, 0.29) is 108 Å². The van der Waals surface area contributed by atoms with Crippen LogP contribution in [0.5, 0.6) is 46.0 Å². The first-order valence-electron chi connectivity index (χ1n) is 28.8. The maximum atomic E-state index is 11.4. The van der Waals surface area contributed by atoms with Crippen molar-refractivity contribution in [1.29, 1.82) is 0 Å². The van der Waals surface area contributed by atoms with Gasteiger partial charge < -0.3 is 78.6 Å². The summed E-state index contributed by atoms with van der Waals surface area (Å²) in [6, 6.07) is 19.6.